The summed E-state index contributed by atoms with van der Waals surface area (Å²) in [5.41, 5.74) is 1.67. The minimum absolute atomic E-state index is 0.146. The molecule has 0 bridgehead atoms. The number of hydrogen-bond acceptors (Lipinski definition) is 2. The van der Waals surface area contributed by atoms with E-state index in [-0.39, 0.29) is 11.4 Å². The predicted molar refractivity (Wildman–Crippen MR) is 80.3 cm³/mol. The molecule has 1 aromatic rings. The molecule has 20 heavy (non-hydrogen) atoms. The maximum Gasteiger partial charge on any atom is 0.221 e. The van der Waals surface area contributed by atoms with Gasteiger partial charge in [-0.05, 0) is 24.3 Å². The van der Waals surface area contributed by atoms with E-state index in [0.29, 0.717) is 6.42 Å². The number of amides is 1. The Labute approximate surface area is 121 Å². The summed E-state index contributed by atoms with van der Waals surface area (Å²) in [6.45, 7) is 2.04. The van der Waals surface area contributed by atoms with Crippen LogP contribution in [0.3, 0.4) is 0 Å². The Morgan fingerprint density at radius 1 is 1.35 bits per heavy atom. The molecule has 0 aromatic heterocycles. The Balaban J connectivity index is 1.80. The van der Waals surface area contributed by atoms with Crippen LogP contribution >= 0.6 is 0 Å². The number of rotatable bonds is 4. The van der Waals surface area contributed by atoms with Gasteiger partial charge in [-0.3, -0.25) is 9.69 Å². The lowest BCUT2D eigenvalue weighted by Crippen LogP contribution is -2.66. The topological polar surface area (TPSA) is 32.3 Å². The molecule has 1 aliphatic carbocycles. The van der Waals surface area contributed by atoms with Crippen molar-refractivity contribution in [3.63, 3.8) is 0 Å². The Kier molecular flexibility index (Phi) is 3.79. The summed E-state index contributed by atoms with van der Waals surface area (Å²) in [6, 6.07) is 10.9. The number of carbonyl (C=O) groups is 1. The van der Waals surface area contributed by atoms with Crippen molar-refractivity contribution in [2.24, 2.45) is 5.92 Å². The highest BCUT2D eigenvalue weighted by Crippen LogP contribution is 2.53. The molecule has 1 aliphatic heterocycles. The van der Waals surface area contributed by atoms with Gasteiger partial charge in [-0.2, -0.15) is 0 Å². The van der Waals surface area contributed by atoms with Crippen molar-refractivity contribution in [1.29, 1.82) is 0 Å². The van der Waals surface area contributed by atoms with E-state index in [2.05, 4.69) is 40.5 Å². The summed E-state index contributed by atoms with van der Waals surface area (Å²) in [7, 11) is 1.72. The average molecular weight is 272 g/mol. The number of hydrogen-bond donors (Lipinski definition) is 1. The Morgan fingerprint density at radius 2 is 2.15 bits per heavy atom. The fourth-order valence-corrected chi connectivity index (χ4v) is 4.14. The largest absolute Gasteiger partial charge is 0.359 e. The number of carbonyl (C=O) groups excluding carboxylic acids is 1. The van der Waals surface area contributed by atoms with Crippen LogP contribution in [0.5, 0.6) is 0 Å². The van der Waals surface area contributed by atoms with Gasteiger partial charge in [0.05, 0.1) is 5.54 Å². The van der Waals surface area contributed by atoms with Crippen molar-refractivity contribution in [3.05, 3.63) is 35.9 Å². The Hall–Kier alpha value is -1.35. The first-order valence-electron chi connectivity index (χ1n) is 7.78. The minimum Gasteiger partial charge on any atom is -0.359 e. The number of nitrogens with zero attached hydrogens (tertiary/aromatic N) is 1. The fraction of sp³-hybridized carbons (Fsp3) is 0.588. The molecule has 3 heteroatoms. The molecule has 3 rings (SSSR count). The second-order valence-electron chi connectivity index (χ2n) is 6.10. The van der Waals surface area contributed by atoms with Crippen LogP contribution in [0.4, 0.5) is 0 Å². The summed E-state index contributed by atoms with van der Waals surface area (Å²) in [6.07, 6.45) is 5.86. The second kappa shape index (κ2) is 5.57. The molecule has 2 fully saturated rings. The zero-order valence-electron chi connectivity index (χ0n) is 12.3. The smallest absolute Gasteiger partial charge is 0.221 e. The number of nitrogens with one attached hydrogen (secondary N) is 1. The third-order valence-electron chi connectivity index (χ3n) is 5.20. The van der Waals surface area contributed by atoms with Gasteiger partial charge in [0.25, 0.3) is 0 Å². The van der Waals surface area contributed by atoms with Crippen LogP contribution in [0.2, 0.25) is 0 Å². The highest BCUT2D eigenvalue weighted by Gasteiger charge is 2.54. The third-order valence-corrected chi connectivity index (χ3v) is 5.20. The van der Waals surface area contributed by atoms with Crippen LogP contribution in [-0.4, -0.2) is 30.9 Å². The van der Waals surface area contributed by atoms with Gasteiger partial charge in [0, 0.05) is 26.6 Å². The van der Waals surface area contributed by atoms with E-state index in [1.807, 2.05) is 0 Å². The first-order chi connectivity index (χ1) is 9.77. The van der Waals surface area contributed by atoms with Crippen LogP contribution in [0.25, 0.3) is 0 Å². The van der Waals surface area contributed by atoms with Crippen LogP contribution < -0.4 is 5.32 Å². The lowest BCUT2D eigenvalue weighted by atomic mass is 9.61. The monoisotopic (exact) mass is 272 g/mol. The highest BCUT2D eigenvalue weighted by atomic mass is 16.1. The maximum atomic E-state index is 11.5. The molecule has 0 spiro atoms. The Morgan fingerprint density at radius 3 is 2.85 bits per heavy atom. The first-order valence-corrected chi connectivity index (χ1v) is 7.78. The summed E-state index contributed by atoms with van der Waals surface area (Å²) in [4.78, 5) is 14.1. The molecule has 1 N–H and O–H groups in total. The zero-order valence-corrected chi connectivity index (χ0v) is 12.3. The molecule has 108 valence electrons. The van der Waals surface area contributed by atoms with Gasteiger partial charge < -0.3 is 5.32 Å². The molecule has 1 amide bonds. The highest BCUT2D eigenvalue weighted by molar-refractivity contribution is 5.75. The lowest BCUT2D eigenvalue weighted by Gasteiger charge is -2.62. The predicted octanol–water partition coefficient (Wildman–Crippen LogP) is 2.52. The van der Waals surface area contributed by atoms with E-state index in [9.17, 15) is 4.79 Å². The van der Waals surface area contributed by atoms with Crippen molar-refractivity contribution in [2.45, 2.75) is 37.6 Å². The summed E-state index contributed by atoms with van der Waals surface area (Å²) >= 11 is 0. The van der Waals surface area contributed by atoms with E-state index in [1.54, 1.807) is 7.05 Å². The molecule has 0 radical (unpaired) electrons. The van der Waals surface area contributed by atoms with Crippen LogP contribution in [-0.2, 0) is 10.3 Å². The van der Waals surface area contributed by atoms with Crippen molar-refractivity contribution in [3.8, 4) is 0 Å². The van der Waals surface area contributed by atoms with E-state index in [0.717, 1.165) is 19.0 Å². The molecular formula is C17H24N2O. The van der Waals surface area contributed by atoms with Crippen LogP contribution in [0.15, 0.2) is 30.3 Å². The first kappa shape index (κ1) is 13.6. The molecule has 2 atom stereocenters. The van der Waals surface area contributed by atoms with Crippen molar-refractivity contribution < 1.29 is 4.79 Å². The molecule has 1 heterocycles. The second-order valence-corrected chi connectivity index (χ2v) is 6.10. The molecule has 1 aromatic carbocycles. The van der Waals surface area contributed by atoms with Gasteiger partial charge in [-0.15, -0.1) is 0 Å². The number of fused-ring (bicyclic) bond motifs is 1. The van der Waals surface area contributed by atoms with E-state index in [1.165, 1.54) is 31.2 Å². The fourth-order valence-electron chi connectivity index (χ4n) is 4.14. The van der Waals surface area contributed by atoms with E-state index >= 15 is 0 Å². The SMILES string of the molecule is CNC(=O)CCN1C[C@@H]2CCCC[C@]21c1ccccc1. The molecule has 0 unspecified atom stereocenters. The summed E-state index contributed by atoms with van der Waals surface area (Å²) in [5, 5.41) is 2.73. The van der Waals surface area contributed by atoms with Crippen molar-refractivity contribution in [2.75, 3.05) is 20.1 Å². The maximum absolute atomic E-state index is 11.5. The van der Waals surface area contributed by atoms with Gasteiger partial charge in [-0.25, -0.2) is 0 Å². The standard InChI is InChI=1S/C17H24N2O/c1-18-16(20)10-12-19-13-15-9-5-6-11-17(15,19)14-7-3-2-4-8-14/h2-4,7-8,15H,5-6,9-13H2,1H3,(H,18,20)/t15-,17-/m0/s1. The summed E-state index contributed by atoms with van der Waals surface area (Å²) < 4.78 is 0. The van der Waals surface area contributed by atoms with Crippen LogP contribution in [0, 0.1) is 5.92 Å². The van der Waals surface area contributed by atoms with Crippen molar-refractivity contribution in [1.82, 2.24) is 10.2 Å². The van der Waals surface area contributed by atoms with Crippen molar-refractivity contribution >= 4 is 5.91 Å². The molecule has 2 aliphatic rings. The minimum atomic E-state index is 0.146. The van der Waals surface area contributed by atoms with Crippen LogP contribution in [0.1, 0.15) is 37.7 Å². The Bertz CT molecular complexity index is 473. The van der Waals surface area contributed by atoms with Gasteiger partial charge in [0.2, 0.25) is 5.91 Å². The van der Waals surface area contributed by atoms with Gasteiger partial charge in [0.1, 0.15) is 0 Å². The number of likely N-dealkylation sites (tertiary alicyclic amines) is 1. The lowest BCUT2D eigenvalue weighted by molar-refractivity contribution is -0.130. The van der Waals surface area contributed by atoms with Gasteiger partial charge in [0.15, 0.2) is 0 Å². The summed E-state index contributed by atoms with van der Waals surface area (Å²) in [5.74, 6) is 0.927. The molecular weight excluding hydrogens is 248 g/mol. The molecule has 1 saturated heterocycles. The zero-order chi connectivity index (χ0) is 14.0. The van der Waals surface area contributed by atoms with E-state index < -0.39 is 0 Å². The van der Waals surface area contributed by atoms with Gasteiger partial charge in [-0.1, -0.05) is 43.2 Å². The molecule has 3 nitrogen and oxygen atoms in total. The normalized spacial score (nSPS) is 29.4. The quantitative estimate of drug-likeness (QED) is 0.913. The van der Waals surface area contributed by atoms with E-state index in [4.69, 9.17) is 0 Å². The number of benzene rings is 1. The third kappa shape index (κ3) is 2.14. The van der Waals surface area contributed by atoms with Gasteiger partial charge >= 0.3 is 0 Å². The average Bonchev–Trinajstić information content (AvgIpc) is 2.49. The molecule has 1 saturated carbocycles.